The minimum absolute atomic E-state index is 0.0109. The van der Waals surface area contributed by atoms with Crippen LogP contribution in [0.2, 0.25) is 0 Å². The van der Waals surface area contributed by atoms with Gasteiger partial charge in [0.15, 0.2) is 0 Å². The Hall–Kier alpha value is -4.37. The number of aliphatic hydroxyl groups is 1. The van der Waals surface area contributed by atoms with Gasteiger partial charge in [0.25, 0.3) is 5.91 Å². The van der Waals surface area contributed by atoms with Gasteiger partial charge in [0.2, 0.25) is 5.91 Å². The van der Waals surface area contributed by atoms with Crippen molar-refractivity contribution < 1.29 is 29.0 Å². The van der Waals surface area contributed by atoms with Gasteiger partial charge in [0, 0.05) is 18.5 Å². The van der Waals surface area contributed by atoms with Gasteiger partial charge in [-0.25, -0.2) is 0 Å². The van der Waals surface area contributed by atoms with Crippen LogP contribution in [0.3, 0.4) is 0 Å². The summed E-state index contributed by atoms with van der Waals surface area (Å²) < 4.78 is 10.7. The highest BCUT2D eigenvalue weighted by Crippen LogP contribution is 2.28. The monoisotopic (exact) mass is 545 g/mol. The molecular weight excluding hydrogens is 510 g/mol. The van der Waals surface area contributed by atoms with Crippen molar-refractivity contribution in [3.63, 3.8) is 0 Å². The minimum atomic E-state index is -0.943. The van der Waals surface area contributed by atoms with Gasteiger partial charge in [-0.15, -0.1) is 0 Å². The van der Waals surface area contributed by atoms with Crippen LogP contribution in [-0.4, -0.2) is 73.6 Å². The van der Waals surface area contributed by atoms with Crippen molar-refractivity contribution in [1.29, 1.82) is 0 Å². The Bertz CT molecular complexity index is 1330. The predicted molar refractivity (Wildman–Crippen MR) is 153 cm³/mol. The number of carbonyl (C=O) groups is 2. The van der Waals surface area contributed by atoms with Gasteiger partial charge in [-0.1, -0.05) is 35.5 Å². The summed E-state index contributed by atoms with van der Waals surface area (Å²) in [5.41, 5.74) is 5.55. The summed E-state index contributed by atoms with van der Waals surface area (Å²) in [4.78, 5) is 33.0. The number of hydrogen-bond donors (Lipinski definition) is 2. The van der Waals surface area contributed by atoms with E-state index in [0.717, 1.165) is 22.3 Å². The summed E-state index contributed by atoms with van der Waals surface area (Å²) >= 11 is 0. The largest absolute Gasteiger partial charge is 0.497 e. The Morgan fingerprint density at radius 1 is 1.00 bits per heavy atom. The average Bonchev–Trinajstić information content (AvgIpc) is 3.39. The Kier molecular flexibility index (Phi) is 9.39. The van der Waals surface area contributed by atoms with Crippen LogP contribution >= 0.6 is 0 Å². The van der Waals surface area contributed by atoms with E-state index in [0.29, 0.717) is 22.8 Å². The lowest BCUT2D eigenvalue weighted by Gasteiger charge is -2.24. The molecular formula is C31H35N3O6. The van der Waals surface area contributed by atoms with Crippen LogP contribution < -0.4 is 14.8 Å². The molecule has 0 radical (unpaired) electrons. The van der Waals surface area contributed by atoms with Crippen LogP contribution in [0.5, 0.6) is 11.5 Å². The Morgan fingerprint density at radius 3 is 2.27 bits per heavy atom. The number of nitrogens with one attached hydrogen (secondary N) is 1. The summed E-state index contributed by atoms with van der Waals surface area (Å²) in [7, 11) is 3.01. The third kappa shape index (κ3) is 6.79. The zero-order valence-electron chi connectivity index (χ0n) is 23.2. The third-order valence-electron chi connectivity index (χ3n) is 6.86. The van der Waals surface area contributed by atoms with Gasteiger partial charge in [-0.05, 0) is 72.5 Å². The van der Waals surface area contributed by atoms with E-state index in [1.807, 2.05) is 18.2 Å². The molecule has 1 aliphatic heterocycles. The fourth-order valence-electron chi connectivity index (χ4n) is 4.82. The minimum Gasteiger partial charge on any atom is -0.497 e. The first-order valence-electron chi connectivity index (χ1n) is 13.1. The Morgan fingerprint density at radius 2 is 1.65 bits per heavy atom. The number of ether oxygens (including phenoxy) is 2. The standard InChI is InChI=1S/C31H35N3O6/c1-20-6-5-7-21(2)29(20)22-8-10-23(11-9-22)31(37)34-18-24(33-39-4)16-28(34)30(36)32-17-25(35)19-40-27-14-12-26(38-3)13-15-27/h5-15,25,28,35H,16-19H2,1-4H3,(H,32,36)/b33-24+/t25-,28-/m0/s1. The van der Waals surface area contributed by atoms with E-state index in [-0.39, 0.29) is 37.9 Å². The van der Waals surface area contributed by atoms with Gasteiger partial charge in [-0.2, -0.15) is 0 Å². The van der Waals surface area contributed by atoms with Crippen molar-refractivity contribution in [2.24, 2.45) is 5.16 Å². The van der Waals surface area contributed by atoms with Gasteiger partial charge in [0.05, 0.1) is 19.4 Å². The number of rotatable bonds is 10. The average molecular weight is 546 g/mol. The molecule has 0 unspecified atom stereocenters. The molecule has 1 saturated heterocycles. The van der Waals surface area contributed by atoms with Crippen molar-refractivity contribution in [3.05, 3.63) is 83.4 Å². The molecule has 1 aliphatic rings. The fourth-order valence-corrected chi connectivity index (χ4v) is 4.82. The van der Waals surface area contributed by atoms with Crippen molar-refractivity contribution in [2.45, 2.75) is 32.4 Å². The molecule has 1 heterocycles. The van der Waals surface area contributed by atoms with E-state index in [9.17, 15) is 14.7 Å². The molecule has 1 fully saturated rings. The number of aliphatic hydroxyl groups excluding tert-OH is 1. The molecule has 0 spiro atoms. The summed E-state index contributed by atoms with van der Waals surface area (Å²) in [5.74, 6) is 0.607. The topological polar surface area (TPSA) is 110 Å². The molecule has 2 atom stereocenters. The lowest BCUT2D eigenvalue weighted by Crippen LogP contribution is -2.48. The maximum Gasteiger partial charge on any atom is 0.254 e. The first-order valence-corrected chi connectivity index (χ1v) is 13.1. The molecule has 3 aromatic rings. The van der Waals surface area contributed by atoms with Crippen molar-refractivity contribution in [3.8, 4) is 22.6 Å². The zero-order chi connectivity index (χ0) is 28.6. The van der Waals surface area contributed by atoms with E-state index >= 15 is 0 Å². The van der Waals surface area contributed by atoms with Crippen LogP contribution in [-0.2, 0) is 9.63 Å². The van der Waals surface area contributed by atoms with Gasteiger partial charge >= 0.3 is 0 Å². The number of hydrogen-bond acceptors (Lipinski definition) is 7. The van der Waals surface area contributed by atoms with Gasteiger partial charge in [-0.3, -0.25) is 9.59 Å². The number of amides is 2. The van der Waals surface area contributed by atoms with Crippen LogP contribution in [0.4, 0.5) is 0 Å². The smallest absolute Gasteiger partial charge is 0.254 e. The molecule has 9 nitrogen and oxygen atoms in total. The molecule has 2 N–H and O–H groups in total. The zero-order valence-corrected chi connectivity index (χ0v) is 23.2. The van der Waals surface area contributed by atoms with Crippen LogP contribution in [0.15, 0.2) is 71.9 Å². The van der Waals surface area contributed by atoms with Crippen molar-refractivity contribution >= 4 is 17.5 Å². The number of aryl methyl sites for hydroxylation is 2. The van der Waals surface area contributed by atoms with E-state index in [4.69, 9.17) is 14.3 Å². The molecule has 4 rings (SSSR count). The Balaban J connectivity index is 1.40. The summed E-state index contributed by atoms with van der Waals surface area (Å²) in [6, 6.07) is 19.8. The van der Waals surface area contributed by atoms with Crippen molar-refractivity contribution in [2.75, 3.05) is 33.9 Å². The molecule has 0 aliphatic carbocycles. The first-order chi connectivity index (χ1) is 19.3. The second kappa shape index (κ2) is 13.1. The molecule has 9 heteroatoms. The van der Waals surface area contributed by atoms with E-state index in [2.05, 4.69) is 36.5 Å². The molecule has 210 valence electrons. The van der Waals surface area contributed by atoms with Crippen LogP contribution in [0.1, 0.15) is 27.9 Å². The number of carbonyl (C=O) groups excluding carboxylic acids is 2. The second-order valence-corrected chi connectivity index (χ2v) is 9.72. The quantitative estimate of drug-likeness (QED) is 0.376. The SMILES string of the molecule is CO/N=C1\C[C@@H](C(=O)NC[C@H](O)COc2ccc(OC)cc2)N(C(=O)c2ccc(-c3c(C)cccc3C)cc2)C1. The van der Waals surface area contributed by atoms with Gasteiger partial charge in [0.1, 0.15) is 37.4 Å². The van der Waals surface area contributed by atoms with Gasteiger partial charge < -0.3 is 29.6 Å². The lowest BCUT2D eigenvalue weighted by molar-refractivity contribution is -0.125. The number of likely N-dealkylation sites (tertiary alicyclic amines) is 1. The fraction of sp³-hybridized carbons (Fsp3) is 0.323. The normalized spacial score (nSPS) is 16.5. The number of benzene rings is 3. The summed E-state index contributed by atoms with van der Waals surface area (Å²) in [6.45, 7) is 4.26. The molecule has 0 aromatic heterocycles. The van der Waals surface area contributed by atoms with E-state index in [1.54, 1.807) is 43.5 Å². The van der Waals surface area contributed by atoms with Crippen molar-refractivity contribution in [1.82, 2.24) is 10.2 Å². The van der Waals surface area contributed by atoms with Crippen LogP contribution in [0.25, 0.3) is 11.1 Å². The maximum absolute atomic E-state index is 13.5. The van der Waals surface area contributed by atoms with E-state index < -0.39 is 12.1 Å². The highest BCUT2D eigenvalue weighted by Gasteiger charge is 2.38. The van der Waals surface area contributed by atoms with Crippen LogP contribution in [0, 0.1) is 13.8 Å². The number of methoxy groups -OCH3 is 1. The highest BCUT2D eigenvalue weighted by molar-refractivity contribution is 6.05. The highest BCUT2D eigenvalue weighted by atomic mass is 16.6. The molecule has 3 aromatic carbocycles. The third-order valence-corrected chi connectivity index (χ3v) is 6.86. The number of oxime groups is 1. The maximum atomic E-state index is 13.5. The summed E-state index contributed by atoms with van der Waals surface area (Å²) in [5, 5.41) is 17.1. The molecule has 0 saturated carbocycles. The Labute approximate surface area is 234 Å². The molecule has 0 bridgehead atoms. The second-order valence-electron chi connectivity index (χ2n) is 9.72. The summed E-state index contributed by atoms with van der Waals surface area (Å²) in [6.07, 6.45) is -0.703. The lowest BCUT2D eigenvalue weighted by atomic mass is 9.95. The number of nitrogens with zero attached hydrogens (tertiary/aromatic N) is 2. The molecule has 40 heavy (non-hydrogen) atoms. The predicted octanol–water partition coefficient (Wildman–Crippen LogP) is 3.75. The molecule has 2 amide bonds. The first kappa shape index (κ1) is 28.6. The van der Waals surface area contributed by atoms with E-state index in [1.165, 1.54) is 12.0 Å².